The summed E-state index contributed by atoms with van der Waals surface area (Å²) in [6, 6.07) is 0. The van der Waals surface area contributed by atoms with E-state index in [9.17, 15) is 13.0 Å². The quantitative estimate of drug-likeness (QED) is 0.285. The van der Waals surface area contributed by atoms with Gasteiger partial charge in [0.25, 0.3) is 10.1 Å². The maximum Gasteiger partial charge on any atom is 0.505 e. The van der Waals surface area contributed by atoms with Gasteiger partial charge in [-0.25, -0.2) is 0 Å². The van der Waals surface area contributed by atoms with Crippen molar-refractivity contribution < 1.29 is 26.2 Å². The summed E-state index contributed by atoms with van der Waals surface area (Å²) in [4.78, 5) is 0. The van der Waals surface area contributed by atoms with Gasteiger partial charge < -0.3 is 13.3 Å². The number of hydrogen-bond donors (Lipinski definition) is 1. The Morgan fingerprint density at radius 3 is 1.70 bits per heavy atom. The average Bonchev–Trinajstić information content (AvgIpc) is 2.46. The highest BCUT2D eigenvalue weighted by Crippen LogP contribution is 2.38. The zero-order chi connectivity index (χ0) is 17.9. The van der Waals surface area contributed by atoms with Crippen LogP contribution >= 0.6 is 0 Å². The van der Waals surface area contributed by atoms with Gasteiger partial charge in [-0.15, -0.1) is 0 Å². The molecule has 0 aromatic rings. The van der Waals surface area contributed by atoms with Gasteiger partial charge in [-0.3, -0.25) is 4.55 Å². The molecule has 0 aliphatic heterocycles. The van der Waals surface area contributed by atoms with Crippen molar-refractivity contribution in [3.8, 4) is 0 Å². The minimum atomic E-state index is -4.19. The standard InChI is InChI=1S/C15H34O6SSi/c1-6-11-12-13-15(14(7-2)22(16,17)18)23(19-8-3,20-9-4)21-10-5/h14-15H,6-13H2,1-5H3,(H,16,17,18). The fraction of sp³-hybridized carbons (Fsp3) is 1.00. The van der Waals surface area contributed by atoms with Gasteiger partial charge in [0.1, 0.15) is 0 Å². The van der Waals surface area contributed by atoms with Gasteiger partial charge in [0.2, 0.25) is 0 Å². The van der Waals surface area contributed by atoms with Crippen LogP contribution < -0.4 is 0 Å². The molecule has 8 heteroatoms. The number of unbranched alkanes of at least 4 members (excludes halogenated alkanes) is 2. The molecule has 0 radical (unpaired) electrons. The lowest BCUT2D eigenvalue weighted by molar-refractivity contribution is 0.0582. The van der Waals surface area contributed by atoms with E-state index in [-0.39, 0.29) is 0 Å². The Balaban J connectivity index is 5.76. The van der Waals surface area contributed by atoms with Crippen molar-refractivity contribution in [3.05, 3.63) is 0 Å². The Hall–Kier alpha value is 0.00688. The second-order valence-electron chi connectivity index (χ2n) is 5.47. The Bertz CT molecular complexity index is 384. The van der Waals surface area contributed by atoms with E-state index in [4.69, 9.17) is 13.3 Å². The Morgan fingerprint density at radius 1 is 0.913 bits per heavy atom. The van der Waals surface area contributed by atoms with Crippen molar-refractivity contribution in [3.63, 3.8) is 0 Å². The molecule has 140 valence electrons. The molecule has 23 heavy (non-hydrogen) atoms. The van der Waals surface area contributed by atoms with Gasteiger partial charge in [-0.2, -0.15) is 8.42 Å². The van der Waals surface area contributed by atoms with Crippen LogP contribution in [0.15, 0.2) is 0 Å². The second-order valence-corrected chi connectivity index (χ2v) is 9.92. The molecule has 0 spiro atoms. The van der Waals surface area contributed by atoms with Crippen LogP contribution in [0, 0.1) is 0 Å². The maximum absolute atomic E-state index is 11.9. The van der Waals surface area contributed by atoms with Crippen molar-refractivity contribution in [2.75, 3.05) is 19.8 Å². The minimum absolute atomic E-state index is 0.303. The first-order chi connectivity index (χ1) is 10.8. The first kappa shape index (κ1) is 23.0. The lowest BCUT2D eigenvalue weighted by Crippen LogP contribution is -2.55. The van der Waals surface area contributed by atoms with Gasteiger partial charge in [0.15, 0.2) is 0 Å². The van der Waals surface area contributed by atoms with E-state index < -0.39 is 29.7 Å². The van der Waals surface area contributed by atoms with Gasteiger partial charge in [-0.1, -0.05) is 33.1 Å². The third kappa shape index (κ3) is 7.19. The predicted octanol–water partition coefficient (Wildman–Crippen LogP) is 3.65. The molecule has 0 heterocycles. The van der Waals surface area contributed by atoms with E-state index in [1.807, 2.05) is 20.8 Å². The summed E-state index contributed by atoms with van der Waals surface area (Å²) in [5.41, 5.74) is -0.450. The van der Waals surface area contributed by atoms with Crippen LogP contribution in [-0.4, -0.2) is 46.8 Å². The van der Waals surface area contributed by atoms with Crippen molar-refractivity contribution in [1.29, 1.82) is 0 Å². The zero-order valence-corrected chi connectivity index (χ0v) is 17.0. The Labute approximate surface area is 143 Å². The highest BCUT2D eigenvalue weighted by molar-refractivity contribution is 7.86. The van der Waals surface area contributed by atoms with Crippen LogP contribution in [0.2, 0.25) is 5.54 Å². The molecule has 0 saturated carbocycles. The van der Waals surface area contributed by atoms with Gasteiger partial charge in [0.05, 0.1) is 5.25 Å². The van der Waals surface area contributed by atoms with Crippen LogP contribution in [0.5, 0.6) is 0 Å². The molecule has 6 nitrogen and oxygen atoms in total. The van der Waals surface area contributed by atoms with Crippen molar-refractivity contribution in [2.24, 2.45) is 0 Å². The molecule has 0 aliphatic carbocycles. The van der Waals surface area contributed by atoms with Gasteiger partial charge >= 0.3 is 8.80 Å². The molecular formula is C15H34O6SSi. The average molecular weight is 371 g/mol. The van der Waals surface area contributed by atoms with Crippen molar-refractivity contribution >= 4 is 18.9 Å². The summed E-state index contributed by atoms with van der Waals surface area (Å²) in [6.45, 7) is 10.5. The van der Waals surface area contributed by atoms with E-state index >= 15 is 0 Å². The van der Waals surface area contributed by atoms with Gasteiger partial charge in [-0.05, 0) is 33.6 Å². The normalized spacial score (nSPS) is 15.6. The third-order valence-electron chi connectivity index (χ3n) is 3.84. The Morgan fingerprint density at radius 2 is 1.39 bits per heavy atom. The van der Waals surface area contributed by atoms with E-state index in [0.717, 1.165) is 19.3 Å². The van der Waals surface area contributed by atoms with Crippen LogP contribution in [-0.2, 0) is 23.4 Å². The van der Waals surface area contributed by atoms with E-state index in [1.165, 1.54) is 0 Å². The third-order valence-corrected chi connectivity index (χ3v) is 9.18. The van der Waals surface area contributed by atoms with E-state index in [0.29, 0.717) is 32.7 Å². The van der Waals surface area contributed by atoms with Crippen LogP contribution in [0.4, 0.5) is 0 Å². The fourth-order valence-corrected chi connectivity index (χ4v) is 8.29. The first-order valence-electron chi connectivity index (χ1n) is 8.70. The smallest absolute Gasteiger partial charge is 0.374 e. The van der Waals surface area contributed by atoms with E-state index in [1.54, 1.807) is 6.92 Å². The molecule has 0 saturated heterocycles. The summed E-state index contributed by atoms with van der Waals surface area (Å²) in [6.07, 6.45) is 3.79. The summed E-state index contributed by atoms with van der Waals surface area (Å²) in [5.74, 6) is 0. The second kappa shape index (κ2) is 11.5. The molecule has 0 rings (SSSR count). The number of hydrogen-bond acceptors (Lipinski definition) is 5. The first-order valence-corrected chi connectivity index (χ1v) is 12.0. The monoisotopic (exact) mass is 370 g/mol. The van der Waals surface area contributed by atoms with Gasteiger partial charge in [0, 0.05) is 25.4 Å². The largest absolute Gasteiger partial charge is 0.505 e. The minimum Gasteiger partial charge on any atom is -0.374 e. The highest BCUT2D eigenvalue weighted by atomic mass is 32.2. The van der Waals surface area contributed by atoms with Crippen LogP contribution in [0.25, 0.3) is 0 Å². The lowest BCUT2D eigenvalue weighted by Gasteiger charge is -2.38. The lowest BCUT2D eigenvalue weighted by atomic mass is 10.1. The highest BCUT2D eigenvalue weighted by Gasteiger charge is 2.54. The summed E-state index contributed by atoms with van der Waals surface area (Å²) >= 11 is 0. The van der Waals surface area contributed by atoms with Crippen molar-refractivity contribution in [2.45, 2.75) is 77.5 Å². The molecule has 1 N–H and O–H groups in total. The molecule has 2 atom stereocenters. The molecule has 0 amide bonds. The SMILES string of the molecule is CCCCCC(C(CC)S(=O)(=O)O)[Si](OCC)(OCC)OCC. The van der Waals surface area contributed by atoms with E-state index in [2.05, 4.69) is 6.92 Å². The number of rotatable bonds is 14. The fourth-order valence-electron chi connectivity index (χ4n) is 2.96. The molecule has 0 aliphatic rings. The maximum atomic E-state index is 11.9. The molecule has 0 aromatic heterocycles. The summed E-state index contributed by atoms with van der Waals surface area (Å²) in [5, 5.41) is -0.921. The van der Waals surface area contributed by atoms with Crippen LogP contribution in [0.1, 0.15) is 66.7 Å². The molecular weight excluding hydrogens is 336 g/mol. The Kier molecular flexibility index (Phi) is 11.5. The van der Waals surface area contributed by atoms with Crippen LogP contribution in [0.3, 0.4) is 0 Å². The molecule has 0 aromatic carbocycles. The topological polar surface area (TPSA) is 82.1 Å². The zero-order valence-electron chi connectivity index (χ0n) is 15.2. The summed E-state index contributed by atoms with van der Waals surface area (Å²) < 4.78 is 51.2. The summed E-state index contributed by atoms with van der Waals surface area (Å²) in [7, 11) is -7.40. The molecule has 0 bridgehead atoms. The predicted molar refractivity (Wildman–Crippen MR) is 94.2 cm³/mol. The van der Waals surface area contributed by atoms with Crippen molar-refractivity contribution in [1.82, 2.24) is 0 Å². The molecule has 0 fully saturated rings. The molecule has 2 unspecified atom stereocenters.